The van der Waals surface area contributed by atoms with E-state index in [1.807, 2.05) is 36.4 Å². The predicted octanol–water partition coefficient (Wildman–Crippen LogP) is 4.73. The highest BCUT2D eigenvalue weighted by Crippen LogP contribution is 2.32. The molecule has 0 aliphatic carbocycles. The molecule has 4 rings (SSSR count). The van der Waals surface area contributed by atoms with E-state index in [0.717, 1.165) is 21.0 Å². The maximum atomic E-state index is 12.7. The first-order valence-corrected chi connectivity index (χ1v) is 11.7. The quantitative estimate of drug-likeness (QED) is 0.487. The normalized spacial score (nSPS) is 12.2. The molecule has 1 heterocycles. The minimum atomic E-state index is -3.59. The topological polar surface area (TPSA) is 79.4 Å². The van der Waals surface area contributed by atoms with E-state index >= 15 is 0 Å². The fourth-order valence-corrected chi connectivity index (χ4v) is 5.35. The van der Waals surface area contributed by atoms with Crippen LogP contribution in [0.1, 0.15) is 24.2 Å². The van der Waals surface area contributed by atoms with Gasteiger partial charge in [-0.1, -0.05) is 41.7 Å². The molecule has 0 aliphatic rings. The molecular weight excluding hydrogens is 418 g/mol. The molecule has 0 unspecified atom stereocenters. The zero-order valence-corrected chi connectivity index (χ0v) is 18.4. The van der Waals surface area contributed by atoms with Gasteiger partial charge in [0, 0.05) is 24.0 Å². The Kier molecular flexibility index (Phi) is 5.31. The van der Waals surface area contributed by atoms with Crippen molar-refractivity contribution < 1.29 is 13.2 Å². The summed E-state index contributed by atoms with van der Waals surface area (Å²) in [4.78, 5) is 17.4. The van der Waals surface area contributed by atoms with Crippen LogP contribution in [-0.4, -0.2) is 36.7 Å². The van der Waals surface area contributed by atoms with Crippen molar-refractivity contribution in [1.82, 2.24) is 9.29 Å². The number of rotatable bonds is 5. The number of hydrogen-bond acceptors (Lipinski definition) is 5. The third-order valence-electron chi connectivity index (χ3n) is 5.02. The van der Waals surface area contributed by atoms with Crippen molar-refractivity contribution in [3.05, 3.63) is 66.2 Å². The smallest absolute Gasteiger partial charge is 0.257 e. The summed E-state index contributed by atoms with van der Waals surface area (Å²) in [5, 5.41) is 5.45. The number of anilines is 1. The van der Waals surface area contributed by atoms with Gasteiger partial charge in [-0.2, -0.15) is 4.31 Å². The van der Waals surface area contributed by atoms with Gasteiger partial charge in [0.25, 0.3) is 5.91 Å². The van der Waals surface area contributed by atoms with E-state index in [2.05, 4.69) is 10.3 Å². The molecule has 8 heteroatoms. The standard InChI is InChI=1S/C22H21N3O3S2/c1-14(2)25(3)30(27,28)17-11-8-16(9-12-17)21(26)24-22-23-20-18-7-5-4-6-15(18)10-13-19(20)29-22/h4-14H,1-3H3,(H,23,24,26). The summed E-state index contributed by atoms with van der Waals surface area (Å²) in [5.74, 6) is -0.334. The monoisotopic (exact) mass is 439 g/mol. The molecule has 0 aliphatic heterocycles. The summed E-state index contributed by atoms with van der Waals surface area (Å²) in [5.41, 5.74) is 1.22. The Hall–Kier alpha value is -2.81. The van der Waals surface area contributed by atoms with Gasteiger partial charge in [-0.25, -0.2) is 13.4 Å². The summed E-state index contributed by atoms with van der Waals surface area (Å²) in [6.07, 6.45) is 0. The zero-order valence-electron chi connectivity index (χ0n) is 16.8. The Morgan fingerprint density at radius 3 is 2.43 bits per heavy atom. The van der Waals surface area contributed by atoms with Crippen LogP contribution in [-0.2, 0) is 10.0 Å². The largest absolute Gasteiger partial charge is 0.298 e. The molecule has 0 saturated heterocycles. The first-order valence-electron chi connectivity index (χ1n) is 9.45. The SMILES string of the molecule is CC(C)N(C)S(=O)(=O)c1ccc(C(=O)Nc2nc3c(ccc4ccccc43)s2)cc1. The van der Waals surface area contributed by atoms with Crippen LogP contribution in [0.5, 0.6) is 0 Å². The van der Waals surface area contributed by atoms with Gasteiger partial charge in [-0.3, -0.25) is 10.1 Å². The van der Waals surface area contributed by atoms with Crippen LogP contribution in [0.4, 0.5) is 5.13 Å². The highest BCUT2D eigenvalue weighted by molar-refractivity contribution is 7.89. The Morgan fingerprint density at radius 2 is 1.73 bits per heavy atom. The van der Waals surface area contributed by atoms with Gasteiger partial charge in [0.05, 0.1) is 15.1 Å². The molecule has 0 radical (unpaired) electrons. The van der Waals surface area contributed by atoms with Crippen molar-refractivity contribution >= 4 is 53.4 Å². The lowest BCUT2D eigenvalue weighted by Gasteiger charge is -2.20. The van der Waals surface area contributed by atoms with E-state index in [0.29, 0.717) is 10.7 Å². The van der Waals surface area contributed by atoms with Gasteiger partial charge >= 0.3 is 0 Å². The maximum absolute atomic E-state index is 12.7. The molecule has 0 saturated carbocycles. The molecule has 0 fully saturated rings. The number of aromatic nitrogens is 1. The van der Waals surface area contributed by atoms with Crippen LogP contribution in [0, 0.1) is 0 Å². The highest BCUT2D eigenvalue weighted by Gasteiger charge is 2.23. The Labute approximate surface area is 179 Å². The molecule has 3 aromatic carbocycles. The number of carbonyl (C=O) groups is 1. The zero-order chi connectivity index (χ0) is 21.5. The van der Waals surface area contributed by atoms with Crippen LogP contribution in [0.25, 0.3) is 21.0 Å². The minimum absolute atomic E-state index is 0.154. The van der Waals surface area contributed by atoms with Crippen molar-refractivity contribution in [3.63, 3.8) is 0 Å². The van der Waals surface area contributed by atoms with Gasteiger partial charge in [0.15, 0.2) is 5.13 Å². The van der Waals surface area contributed by atoms with E-state index in [9.17, 15) is 13.2 Å². The molecule has 1 amide bonds. The molecule has 6 nitrogen and oxygen atoms in total. The predicted molar refractivity (Wildman–Crippen MR) is 122 cm³/mol. The second-order valence-electron chi connectivity index (χ2n) is 7.25. The maximum Gasteiger partial charge on any atom is 0.257 e. The number of nitrogens with one attached hydrogen (secondary N) is 1. The lowest BCUT2D eigenvalue weighted by atomic mass is 10.1. The fraction of sp³-hybridized carbons (Fsp3) is 0.182. The second-order valence-corrected chi connectivity index (χ2v) is 10.3. The molecule has 0 bridgehead atoms. The number of amides is 1. The Morgan fingerprint density at radius 1 is 1.03 bits per heavy atom. The summed E-state index contributed by atoms with van der Waals surface area (Å²) in [6.45, 7) is 3.61. The molecule has 1 aromatic heterocycles. The lowest BCUT2D eigenvalue weighted by molar-refractivity contribution is 0.102. The van der Waals surface area contributed by atoms with Crippen LogP contribution < -0.4 is 5.32 Å². The molecule has 30 heavy (non-hydrogen) atoms. The van der Waals surface area contributed by atoms with Gasteiger partial charge in [0.1, 0.15) is 0 Å². The minimum Gasteiger partial charge on any atom is -0.298 e. The summed E-state index contributed by atoms with van der Waals surface area (Å²) in [6, 6.07) is 17.8. The van der Waals surface area contributed by atoms with Crippen molar-refractivity contribution in [2.75, 3.05) is 12.4 Å². The summed E-state index contributed by atoms with van der Waals surface area (Å²) in [7, 11) is -2.05. The number of carbonyl (C=O) groups excluding carboxylic acids is 1. The first kappa shape index (κ1) is 20.5. The van der Waals surface area contributed by atoms with Crippen molar-refractivity contribution in [1.29, 1.82) is 0 Å². The third-order valence-corrected chi connectivity index (χ3v) is 8.01. The van der Waals surface area contributed by atoms with E-state index < -0.39 is 10.0 Å². The average Bonchev–Trinajstić information content (AvgIpc) is 3.16. The number of fused-ring (bicyclic) bond motifs is 3. The van der Waals surface area contributed by atoms with Crippen LogP contribution in [0.3, 0.4) is 0 Å². The molecule has 0 spiro atoms. The molecular formula is C22H21N3O3S2. The van der Waals surface area contributed by atoms with Crippen molar-refractivity contribution in [2.45, 2.75) is 24.8 Å². The van der Waals surface area contributed by atoms with Gasteiger partial charge in [0.2, 0.25) is 10.0 Å². The van der Waals surface area contributed by atoms with Crippen molar-refractivity contribution in [2.24, 2.45) is 0 Å². The third kappa shape index (κ3) is 3.69. The number of nitrogens with zero attached hydrogens (tertiary/aromatic N) is 2. The molecule has 1 N–H and O–H groups in total. The first-order chi connectivity index (χ1) is 14.3. The lowest BCUT2D eigenvalue weighted by Crippen LogP contribution is -2.33. The summed E-state index contributed by atoms with van der Waals surface area (Å²) >= 11 is 1.40. The highest BCUT2D eigenvalue weighted by atomic mass is 32.2. The van der Waals surface area contributed by atoms with Gasteiger partial charge < -0.3 is 0 Å². The van der Waals surface area contributed by atoms with Crippen LogP contribution >= 0.6 is 11.3 Å². The van der Waals surface area contributed by atoms with Gasteiger partial charge in [-0.15, -0.1) is 0 Å². The second kappa shape index (κ2) is 7.79. The number of hydrogen-bond donors (Lipinski definition) is 1. The fourth-order valence-electron chi connectivity index (χ4n) is 3.11. The number of benzene rings is 3. The molecule has 154 valence electrons. The molecule has 4 aromatic rings. The van der Waals surface area contributed by atoms with Crippen LogP contribution in [0.15, 0.2) is 65.6 Å². The Bertz CT molecular complexity index is 1340. The van der Waals surface area contributed by atoms with E-state index in [-0.39, 0.29) is 16.8 Å². The van der Waals surface area contributed by atoms with Gasteiger partial charge in [-0.05, 0) is 49.6 Å². The van der Waals surface area contributed by atoms with Crippen molar-refractivity contribution in [3.8, 4) is 0 Å². The number of sulfonamides is 1. The van der Waals surface area contributed by atoms with Crippen LogP contribution in [0.2, 0.25) is 0 Å². The number of thiazole rings is 1. The molecule has 0 atom stereocenters. The van der Waals surface area contributed by atoms with E-state index in [1.165, 1.54) is 47.0 Å². The van der Waals surface area contributed by atoms with E-state index in [4.69, 9.17) is 0 Å². The Balaban J connectivity index is 1.58. The average molecular weight is 440 g/mol. The summed E-state index contributed by atoms with van der Waals surface area (Å²) < 4.78 is 27.4. The van der Waals surface area contributed by atoms with E-state index in [1.54, 1.807) is 13.8 Å².